The molecule has 0 heterocycles. The third kappa shape index (κ3) is 8.29. The molecule has 0 bridgehead atoms. The van der Waals surface area contributed by atoms with Crippen molar-refractivity contribution in [1.29, 1.82) is 0 Å². The molecule has 0 saturated carbocycles. The number of rotatable bonds is 3. The molecule has 0 aliphatic rings. The minimum atomic E-state index is -0.0340. The molecule has 0 spiro atoms. The first-order chi connectivity index (χ1) is 5.65. The molecule has 2 N–H and O–H groups in total. The van der Waals surface area contributed by atoms with Gasteiger partial charge in [0.25, 0.3) is 0 Å². The molecular formula is C12H29N. The zero-order valence-electron chi connectivity index (χ0n) is 10.9. The minimum Gasteiger partial charge on any atom is -0.326 e. The highest BCUT2D eigenvalue weighted by Crippen LogP contribution is 2.33. The molecule has 0 aliphatic carbocycles. The van der Waals surface area contributed by atoms with Gasteiger partial charge in [-0.1, -0.05) is 41.5 Å². The predicted molar refractivity (Wildman–Crippen MR) is 62.9 cm³/mol. The van der Waals surface area contributed by atoms with E-state index < -0.39 is 0 Å². The smallest absolute Gasteiger partial charge is 0.0102 e. The number of nitrogens with two attached hydrogens (primary N) is 1. The summed E-state index contributed by atoms with van der Waals surface area (Å²) >= 11 is 0. The van der Waals surface area contributed by atoms with Gasteiger partial charge in [-0.15, -0.1) is 0 Å². The Morgan fingerprint density at radius 1 is 1.00 bits per heavy atom. The molecule has 0 radical (unpaired) electrons. The zero-order chi connectivity index (χ0) is 11.3. The van der Waals surface area contributed by atoms with Gasteiger partial charge in [0.15, 0.2) is 0 Å². The van der Waals surface area contributed by atoms with Crippen LogP contribution in [0.4, 0.5) is 0 Å². The van der Waals surface area contributed by atoms with E-state index in [1.54, 1.807) is 0 Å². The van der Waals surface area contributed by atoms with Crippen molar-refractivity contribution in [3.05, 3.63) is 0 Å². The lowest BCUT2D eigenvalue weighted by Crippen LogP contribution is -2.39. The molecule has 0 aromatic carbocycles. The van der Waals surface area contributed by atoms with E-state index in [0.29, 0.717) is 11.3 Å². The Kier molecular flexibility index (Phi) is 6.70. The van der Waals surface area contributed by atoms with Crippen LogP contribution in [0.1, 0.15) is 61.8 Å². The molecule has 0 saturated heterocycles. The summed E-state index contributed by atoms with van der Waals surface area (Å²) < 4.78 is 0. The highest BCUT2D eigenvalue weighted by atomic mass is 14.7. The van der Waals surface area contributed by atoms with Gasteiger partial charge >= 0.3 is 0 Å². The Morgan fingerprint density at radius 3 is 1.38 bits per heavy atom. The second-order valence-corrected chi connectivity index (χ2v) is 5.31. The topological polar surface area (TPSA) is 26.0 Å². The maximum atomic E-state index is 5.96. The third-order valence-corrected chi connectivity index (χ3v) is 2.47. The second-order valence-electron chi connectivity index (χ2n) is 5.31. The van der Waals surface area contributed by atoms with E-state index in [0.717, 1.165) is 6.42 Å². The monoisotopic (exact) mass is 187 g/mol. The summed E-state index contributed by atoms with van der Waals surface area (Å²) in [6.45, 7) is 17.3. The molecular weight excluding hydrogens is 158 g/mol. The van der Waals surface area contributed by atoms with Crippen LogP contribution in [0.5, 0.6) is 0 Å². The van der Waals surface area contributed by atoms with Crippen molar-refractivity contribution >= 4 is 0 Å². The Balaban J connectivity index is 0. The first-order valence-electron chi connectivity index (χ1n) is 5.44. The molecule has 1 nitrogen and oxygen atoms in total. The second kappa shape index (κ2) is 5.64. The highest BCUT2D eigenvalue weighted by molar-refractivity contribution is 4.83. The van der Waals surface area contributed by atoms with Gasteiger partial charge in [0.2, 0.25) is 0 Å². The van der Waals surface area contributed by atoms with E-state index in [1.807, 2.05) is 13.8 Å². The third-order valence-electron chi connectivity index (χ3n) is 2.47. The summed E-state index contributed by atoms with van der Waals surface area (Å²) in [5.41, 5.74) is 6.28. The fourth-order valence-electron chi connectivity index (χ4n) is 1.38. The fraction of sp³-hybridized carbons (Fsp3) is 1.00. The van der Waals surface area contributed by atoms with Crippen LogP contribution in [-0.2, 0) is 0 Å². The van der Waals surface area contributed by atoms with Crippen LogP contribution >= 0.6 is 0 Å². The Labute approximate surface area is 85.1 Å². The van der Waals surface area contributed by atoms with Gasteiger partial charge in [-0.25, -0.2) is 0 Å². The molecule has 13 heavy (non-hydrogen) atoms. The van der Waals surface area contributed by atoms with Gasteiger partial charge in [0.05, 0.1) is 0 Å². The summed E-state index contributed by atoms with van der Waals surface area (Å²) in [6.07, 6.45) is 1.08. The molecule has 0 rings (SSSR count). The lowest BCUT2D eigenvalue weighted by molar-refractivity contribution is 0.183. The van der Waals surface area contributed by atoms with Crippen molar-refractivity contribution in [3.8, 4) is 0 Å². The Hall–Kier alpha value is -0.0400. The van der Waals surface area contributed by atoms with E-state index in [1.165, 1.54) is 0 Å². The van der Waals surface area contributed by atoms with Crippen molar-refractivity contribution in [3.63, 3.8) is 0 Å². The average Bonchev–Trinajstić information content (AvgIpc) is 1.86. The number of hydrogen-bond donors (Lipinski definition) is 1. The van der Waals surface area contributed by atoms with Crippen molar-refractivity contribution in [1.82, 2.24) is 0 Å². The van der Waals surface area contributed by atoms with Crippen LogP contribution < -0.4 is 5.73 Å². The molecule has 1 heteroatoms. The summed E-state index contributed by atoms with van der Waals surface area (Å²) in [4.78, 5) is 0. The average molecular weight is 187 g/mol. The lowest BCUT2D eigenvalue weighted by Gasteiger charge is -2.35. The molecule has 82 valence electrons. The molecule has 0 atom stereocenters. The number of hydrogen-bond acceptors (Lipinski definition) is 1. The van der Waals surface area contributed by atoms with E-state index in [4.69, 9.17) is 5.73 Å². The molecule has 0 amide bonds. The molecule has 0 aromatic heterocycles. The standard InChI is InChI=1S/C10H23N.C2H6/c1-8(2)9(3,4)7-10(5,6)11;1-2/h8H,7,11H2,1-6H3;1-2H3. The molecule has 0 fully saturated rings. The van der Waals surface area contributed by atoms with Gasteiger partial charge < -0.3 is 5.73 Å². The van der Waals surface area contributed by atoms with Crippen LogP contribution in [0, 0.1) is 11.3 Å². The highest BCUT2D eigenvalue weighted by Gasteiger charge is 2.28. The van der Waals surface area contributed by atoms with E-state index in [2.05, 4.69) is 41.5 Å². The van der Waals surface area contributed by atoms with Crippen LogP contribution in [0.25, 0.3) is 0 Å². The Bertz CT molecular complexity index is 118. The van der Waals surface area contributed by atoms with Gasteiger partial charge in [-0.3, -0.25) is 0 Å². The first-order valence-corrected chi connectivity index (χ1v) is 5.44. The fourth-order valence-corrected chi connectivity index (χ4v) is 1.38. The van der Waals surface area contributed by atoms with Crippen molar-refractivity contribution in [2.24, 2.45) is 17.1 Å². The van der Waals surface area contributed by atoms with Crippen LogP contribution in [0.15, 0.2) is 0 Å². The Morgan fingerprint density at radius 2 is 1.31 bits per heavy atom. The van der Waals surface area contributed by atoms with Crippen LogP contribution in [0.2, 0.25) is 0 Å². The van der Waals surface area contributed by atoms with Gasteiger partial charge in [-0.2, -0.15) is 0 Å². The predicted octanol–water partition coefficient (Wildman–Crippen LogP) is 3.82. The molecule has 0 aromatic rings. The van der Waals surface area contributed by atoms with Crippen molar-refractivity contribution < 1.29 is 0 Å². The van der Waals surface area contributed by atoms with E-state index in [-0.39, 0.29) is 5.54 Å². The minimum absolute atomic E-state index is 0.0340. The molecule has 0 aliphatic heterocycles. The quantitative estimate of drug-likeness (QED) is 0.714. The maximum absolute atomic E-state index is 5.96. The largest absolute Gasteiger partial charge is 0.326 e. The normalized spacial score (nSPS) is 12.5. The van der Waals surface area contributed by atoms with Crippen LogP contribution in [-0.4, -0.2) is 5.54 Å². The maximum Gasteiger partial charge on any atom is 0.0102 e. The first kappa shape index (κ1) is 15.4. The summed E-state index contributed by atoms with van der Waals surface area (Å²) in [6, 6.07) is 0. The zero-order valence-corrected chi connectivity index (χ0v) is 10.9. The SMILES string of the molecule is CC.CC(C)C(C)(C)CC(C)(C)N. The van der Waals surface area contributed by atoms with Gasteiger partial charge in [0.1, 0.15) is 0 Å². The van der Waals surface area contributed by atoms with E-state index in [9.17, 15) is 0 Å². The summed E-state index contributed by atoms with van der Waals surface area (Å²) in [5.74, 6) is 0.699. The van der Waals surface area contributed by atoms with Crippen LogP contribution in [0.3, 0.4) is 0 Å². The van der Waals surface area contributed by atoms with Crippen molar-refractivity contribution in [2.45, 2.75) is 67.3 Å². The van der Waals surface area contributed by atoms with E-state index >= 15 is 0 Å². The lowest BCUT2D eigenvalue weighted by atomic mass is 9.73. The van der Waals surface area contributed by atoms with Crippen molar-refractivity contribution in [2.75, 3.05) is 0 Å². The van der Waals surface area contributed by atoms with Gasteiger partial charge in [-0.05, 0) is 31.6 Å². The van der Waals surface area contributed by atoms with Gasteiger partial charge in [0, 0.05) is 5.54 Å². The molecule has 0 unspecified atom stereocenters. The summed E-state index contributed by atoms with van der Waals surface area (Å²) in [7, 11) is 0. The summed E-state index contributed by atoms with van der Waals surface area (Å²) in [5, 5.41) is 0.